The predicted octanol–water partition coefficient (Wildman–Crippen LogP) is 4.12. The highest BCUT2D eigenvalue weighted by atomic mass is 16.5. The van der Waals surface area contributed by atoms with E-state index in [0.717, 1.165) is 11.3 Å². The second-order valence-corrected chi connectivity index (χ2v) is 6.31. The third-order valence-electron chi connectivity index (χ3n) is 4.30. The number of aryl methyl sites for hydroxylation is 1. The van der Waals surface area contributed by atoms with Crippen molar-refractivity contribution < 1.29 is 19.4 Å². The van der Waals surface area contributed by atoms with E-state index in [1.54, 1.807) is 56.8 Å². The largest absolute Gasteiger partial charge is 0.508 e. The van der Waals surface area contributed by atoms with Gasteiger partial charge in [-0.3, -0.25) is 4.79 Å². The van der Waals surface area contributed by atoms with Crippen LogP contribution in [0.1, 0.15) is 12.0 Å². The number of amides is 1. The molecule has 2 aromatic carbocycles. The average molecular weight is 393 g/mol. The number of aromatic nitrogens is 1. The Morgan fingerprint density at radius 3 is 2.52 bits per heavy atom. The standard InChI is InChI=1S/C22H23N3O4/c1-28-19-11-5-15(14-20(19)29-2)6-12-21(27)25-18-4-3-13-23-22(18)24-16-7-9-17(26)10-8-16/h3-5,7-11,13-14,26H,6,12H2,1-2H3,(H,23,24)(H,25,27). The van der Waals surface area contributed by atoms with Gasteiger partial charge in [0.05, 0.1) is 19.9 Å². The molecule has 0 aliphatic carbocycles. The summed E-state index contributed by atoms with van der Waals surface area (Å²) < 4.78 is 10.5. The van der Waals surface area contributed by atoms with Gasteiger partial charge in [0.25, 0.3) is 0 Å². The molecule has 0 aliphatic rings. The van der Waals surface area contributed by atoms with E-state index in [2.05, 4.69) is 15.6 Å². The summed E-state index contributed by atoms with van der Waals surface area (Å²) >= 11 is 0. The maximum atomic E-state index is 12.5. The van der Waals surface area contributed by atoms with Crippen LogP contribution in [0.5, 0.6) is 17.2 Å². The molecule has 0 radical (unpaired) electrons. The summed E-state index contributed by atoms with van der Waals surface area (Å²) in [6, 6.07) is 15.8. The molecule has 0 fully saturated rings. The zero-order valence-electron chi connectivity index (χ0n) is 16.3. The van der Waals surface area contributed by atoms with Gasteiger partial charge in [-0.05, 0) is 60.5 Å². The van der Waals surface area contributed by atoms with Gasteiger partial charge in [0, 0.05) is 18.3 Å². The number of aromatic hydroxyl groups is 1. The van der Waals surface area contributed by atoms with Crippen LogP contribution in [0, 0.1) is 0 Å². The molecule has 0 saturated carbocycles. The van der Waals surface area contributed by atoms with Crippen LogP contribution < -0.4 is 20.1 Å². The van der Waals surface area contributed by atoms with Gasteiger partial charge in [-0.1, -0.05) is 6.07 Å². The lowest BCUT2D eigenvalue weighted by atomic mass is 10.1. The second-order valence-electron chi connectivity index (χ2n) is 6.31. The molecule has 0 atom stereocenters. The molecule has 7 heteroatoms. The van der Waals surface area contributed by atoms with Gasteiger partial charge in [0.1, 0.15) is 5.75 Å². The SMILES string of the molecule is COc1ccc(CCC(=O)Nc2cccnc2Nc2ccc(O)cc2)cc1OC. The van der Waals surface area contributed by atoms with Crippen LogP contribution in [0.2, 0.25) is 0 Å². The van der Waals surface area contributed by atoms with Crippen LogP contribution in [0.25, 0.3) is 0 Å². The maximum absolute atomic E-state index is 12.5. The Kier molecular flexibility index (Phi) is 6.52. The average Bonchev–Trinajstić information content (AvgIpc) is 2.75. The van der Waals surface area contributed by atoms with Gasteiger partial charge < -0.3 is 25.2 Å². The van der Waals surface area contributed by atoms with E-state index in [1.165, 1.54) is 0 Å². The number of phenolic OH excluding ortho intramolecular Hbond substituents is 1. The summed E-state index contributed by atoms with van der Waals surface area (Å²) in [6.45, 7) is 0. The van der Waals surface area contributed by atoms with Crippen LogP contribution in [-0.2, 0) is 11.2 Å². The fourth-order valence-corrected chi connectivity index (χ4v) is 2.79. The van der Waals surface area contributed by atoms with E-state index in [-0.39, 0.29) is 11.7 Å². The number of ether oxygens (including phenoxy) is 2. The minimum Gasteiger partial charge on any atom is -0.508 e. The molecule has 1 heterocycles. The van der Waals surface area contributed by atoms with Crippen molar-refractivity contribution in [1.82, 2.24) is 4.98 Å². The number of nitrogens with one attached hydrogen (secondary N) is 2. The van der Waals surface area contributed by atoms with Crippen molar-refractivity contribution in [1.29, 1.82) is 0 Å². The van der Waals surface area contributed by atoms with Gasteiger partial charge >= 0.3 is 0 Å². The number of pyridine rings is 1. The molecule has 0 bridgehead atoms. The quantitative estimate of drug-likeness (QED) is 0.499. The van der Waals surface area contributed by atoms with E-state index in [1.807, 2.05) is 18.2 Å². The summed E-state index contributed by atoms with van der Waals surface area (Å²) in [5.74, 6) is 1.87. The molecule has 0 saturated heterocycles. The summed E-state index contributed by atoms with van der Waals surface area (Å²) in [4.78, 5) is 16.7. The van der Waals surface area contributed by atoms with Crippen molar-refractivity contribution in [3.8, 4) is 17.2 Å². The van der Waals surface area contributed by atoms with Crippen molar-refractivity contribution in [2.75, 3.05) is 24.9 Å². The number of anilines is 3. The summed E-state index contributed by atoms with van der Waals surface area (Å²) in [5.41, 5.74) is 2.31. The molecule has 29 heavy (non-hydrogen) atoms. The highest BCUT2D eigenvalue weighted by Gasteiger charge is 2.10. The monoisotopic (exact) mass is 393 g/mol. The Morgan fingerprint density at radius 1 is 1.03 bits per heavy atom. The van der Waals surface area contributed by atoms with Gasteiger partial charge in [0.15, 0.2) is 17.3 Å². The number of hydrogen-bond acceptors (Lipinski definition) is 6. The Labute approximate surface area is 169 Å². The minimum atomic E-state index is -0.124. The number of methoxy groups -OCH3 is 2. The van der Waals surface area contributed by atoms with Crippen molar-refractivity contribution in [3.05, 3.63) is 66.4 Å². The van der Waals surface area contributed by atoms with Crippen LogP contribution in [-0.4, -0.2) is 30.2 Å². The molecular formula is C22H23N3O4. The topological polar surface area (TPSA) is 92.7 Å². The Morgan fingerprint density at radius 2 is 1.79 bits per heavy atom. The normalized spacial score (nSPS) is 10.3. The number of carbonyl (C=O) groups excluding carboxylic acids is 1. The lowest BCUT2D eigenvalue weighted by Crippen LogP contribution is -2.14. The number of hydrogen-bond donors (Lipinski definition) is 3. The lowest BCUT2D eigenvalue weighted by Gasteiger charge is -2.12. The molecule has 0 spiro atoms. The molecule has 0 unspecified atom stereocenters. The van der Waals surface area contributed by atoms with Crippen LogP contribution in [0.15, 0.2) is 60.8 Å². The molecule has 3 N–H and O–H groups in total. The molecule has 3 rings (SSSR count). The number of carbonyl (C=O) groups is 1. The number of benzene rings is 2. The van der Waals surface area contributed by atoms with Gasteiger partial charge in [0.2, 0.25) is 5.91 Å². The fourth-order valence-electron chi connectivity index (χ4n) is 2.79. The Bertz CT molecular complexity index is 974. The first-order valence-corrected chi connectivity index (χ1v) is 9.11. The van der Waals surface area contributed by atoms with Crippen molar-refractivity contribution in [2.45, 2.75) is 12.8 Å². The highest BCUT2D eigenvalue weighted by molar-refractivity contribution is 5.94. The lowest BCUT2D eigenvalue weighted by molar-refractivity contribution is -0.116. The maximum Gasteiger partial charge on any atom is 0.224 e. The van der Waals surface area contributed by atoms with Gasteiger partial charge in [-0.2, -0.15) is 0 Å². The van der Waals surface area contributed by atoms with Crippen LogP contribution in [0.4, 0.5) is 17.2 Å². The molecule has 150 valence electrons. The van der Waals surface area contributed by atoms with Crippen LogP contribution >= 0.6 is 0 Å². The molecular weight excluding hydrogens is 370 g/mol. The van der Waals surface area contributed by atoms with Gasteiger partial charge in [-0.25, -0.2) is 4.98 Å². The van der Waals surface area contributed by atoms with Crippen molar-refractivity contribution in [3.63, 3.8) is 0 Å². The second kappa shape index (κ2) is 9.45. The zero-order valence-corrected chi connectivity index (χ0v) is 16.3. The van der Waals surface area contributed by atoms with E-state index in [4.69, 9.17) is 9.47 Å². The van der Waals surface area contributed by atoms with E-state index < -0.39 is 0 Å². The number of nitrogens with zero attached hydrogens (tertiary/aromatic N) is 1. The van der Waals surface area contributed by atoms with Crippen molar-refractivity contribution >= 4 is 23.1 Å². The van der Waals surface area contributed by atoms with E-state index in [0.29, 0.717) is 35.8 Å². The Balaban J connectivity index is 1.63. The molecule has 3 aromatic rings. The first kappa shape index (κ1) is 20.0. The third kappa shape index (κ3) is 5.38. The summed E-state index contributed by atoms with van der Waals surface area (Å²) in [5, 5.41) is 15.4. The highest BCUT2D eigenvalue weighted by Crippen LogP contribution is 2.28. The van der Waals surface area contributed by atoms with Gasteiger partial charge in [-0.15, -0.1) is 0 Å². The molecule has 7 nitrogen and oxygen atoms in total. The predicted molar refractivity (Wildman–Crippen MR) is 112 cm³/mol. The fraction of sp³-hybridized carbons (Fsp3) is 0.182. The van der Waals surface area contributed by atoms with E-state index >= 15 is 0 Å². The zero-order chi connectivity index (χ0) is 20.6. The number of rotatable bonds is 8. The minimum absolute atomic E-state index is 0.124. The first-order valence-electron chi connectivity index (χ1n) is 9.11. The molecule has 1 aromatic heterocycles. The third-order valence-corrected chi connectivity index (χ3v) is 4.30. The first-order chi connectivity index (χ1) is 14.1. The molecule has 0 aliphatic heterocycles. The van der Waals surface area contributed by atoms with Crippen molar-refractivity contribution in [2.24, 2.45) is 0 Å². The number of phenols is 1. The smallest absolute Gasteiger partial charge is 0.224 e. The van der Waals surface area contributed by atoms with Crippen LogP contribution in [0.3, 0.4) is 0 Å². The molecule has 1 amide bonds. The Hall–Kier alpha value is -3.74. The summed E-state index contributed by atoms with van der Waals surface area (Å²) in [6.07, 6.45) is 2.51. The summed E-state index contributed by atoms with van der Waals surface area (Å²) in [7, 11) is 3.17. The van der Waals surface area contributed by atoms with E-state index in [9.17, 15) is 9.90 Å².